The van der Waals surface area contributed by atoms with Crippen molar-refractivity contribution in [1.29, 1.82) is 0 Å². The van der Waals surface area contributed by atoms with Crippen LogP contribution in [0.1, 0.15) is 29.5 Å². The van der Waals surface area contributed by atoms with Crippen LogP contribution in [0.15, 0.2) is 48.5 Å². The summed E-state index contributed by atoms with van der Waals surface area (Å²) in [6.07, 6.45) is 2.80. The maximum atomic E-state index is 11.9. The summed E-state index contributed by atoms with van der Waals surface area (Å²) in [6, 6.07) is 16.0. The van der Waals surface area contributed by atoms with Gasteiger partial charge < -0.3 is 10.6 Å². The van der Waals surface area contributed by atoms with E-state index in [1.165, 1.54) is 5.56 Å². The van der Waals surface area contributed by atoms with E-state index in [2.05, 4.69) is 22.8 Å². The summed E-state index contributed by atoms with van der Waals surface area (Å²) in [4.78, 5) is 23.8. The van der Waals surface area contributed by atoms with Crippen molar-refractivity contribution in [2.75, 3.05) is 11.9 Å². The maximum absolute atomic E-state index is 11.9. The Hall–Kier alpha value is -2.62. The van der Waals surface area contributed by atoms with Gasteiger partial charge in [-0.15, -0.1) is 0 Å². The Morgan fingerprint density at radius 1 is 0.917 bits per heavy atom. The van der Waals surface area contributed by atoms with Gasteiger partial charge >= 0.3 is 11.8 Å². The zero-order valence-corrected chi connectivity index (χ0v) is 14.3. The van der Waals surface area contributed by atoms with Crippen LogP contribution in [0.3, 0.4) is 0 Å². The van der Waals surface area contributed by atoms with E-state index in [0.29, 0.717) is 12.2 Å². The van der Waals surface area contributed by atoms with Crippen molar-refractivity contribution in [3.63, 3.8) is 0 Å². The lowest BCUT2D eigenvalue weighted by Gasteiger charge is -2.09. The molecule has 4 nitrogen and oxygen atoms in total. The molecule has 0 heterocycles. The third-order valence-electron chi connectivity index (χ3n) is 3.87. The molecule has 0 unspecified atom stereocenters. The Bertz CT molecular complexity index is 696. The monoisotopic (exact) mass is 324 g/mol. The van der Waals surface area contributed by atoms with Crippen molar-refractivity contribution >= 4 is 17.5 Å². The second kappa shape index (κ2) is 8.87. The van der Waals surface area contributed by atoms with Crippen LogP contribution in [0.5, 0.6) is 0 Å². The summed E-state index contributed by atoms with van der Waals surface area (Å²) < 4.78 is 0. The number of hydrogen-bond acceptors (Lipinski definition) is 2. The first-order valence-electron chi connectivity index (χ1n) is 8.26. The normalized spacial score (nSPS) is 10.2. The number of carbonyl (C=O) groups excluding carboxylic acids is 2. The summed E-state index contributed by atoms with van der Waals surface area (Å²) >= 11 is 0. The van der Waals surface area contributed by atoms with E-state index in [4.69, 9.17) is 0 Å². The quantitative estimate of drug-likeness (QED) is 0.632. The summed E-state index contributed by atoms with van der Waals surface area (Å²) in [5.41, 5.74) is 3.94. The van der Waals surface area contributed by atoms with E-state index >= 15 is 0 Å². The molecule has 4 heteroatoms. The van der Waals surface area contributed by atoms with Gasteiger partial charge in [0.1, 0.15) is 0 Å². The predicted octanol–water partition coefficient (Wildman–Crippen LogP) is 3.38. The van der Waals surface area contributed by atoms with Gasteiger partial charge in [-0.05, 0) is 55.9 Å². The molecule has 2 rings (SSSR count). The molecule has 0 aliphatic heterocycles. The van der Waals surface area contributed by atoms with Crippen molar-refractivity contribution < 1.29 is 9.59 Å². The lowest BCUT2D eigenvalue weighted by atomic mass is 10.1. The fourth-order valence-electron chi connectivity index (χ4n) is 2.43. The van der Waals surface area contributed by atoms with Gasteiger partial charge in [0.2, 0.25) is 0 Å². The van der Waals surface area contributed by atoms with Crippen molar-refractivity contribution in [2.45, 2.75) is 33.1 Å². The van der Waals surface area contributed by atoms with Gasteiger partial charge in [0.25, 0.3) is 0 Å². The molecule has 0 aromatic heterocycles. The lowest BCUT2D eigenvalue weighted by molar-refractivity contribution is -0.136. The van der Waals surface area contributed by atoms with Crippen LogP contribution in [0.2, 0.25) is 0 Å². The van der Waals surface area contributed by atoms with Crippen LogP contribution in [-0.2, 0) is 16.0 Å². The van der Waals surface area contributed by atoms with Gasteiger partial charge in [-0.25, -0.2) is 0 Å². The van der Waals surface area contributed by atoms with Gasteiger partial charge in [-0.2, -0.15) is 0 Å². The first-order chi connectivity index (χ1) is 11.6. The SMILES string of the molecule is Cc1ccc(C)c(NC(=O)C(=O)NCCCCc2ccccc2)c1. The van der Waals surface area contributed by atoms with Crippen molar-refractivity contribution in [1.82, 2.24) is 5.32 Å². The molecule has 2 aromatic rings. The largest absolute Gasteiger partial charge is 0.348 e. The minimum Gasteiger partial charge on any atom is -0.348 e. The molecule has 2 N–H and O–H groups in total. The molecule has 126 valence electrons. The molecule has 0 aliphatic rings. The molecule has 24 heavy (non-hydrogen) atoms. The Morgan fingerprint density at radius 2 is 1.67 bits per heavy atom. The predicted molar refractivity (Wildman–Crippen MR) is 96.9 cm³/mol. The average molecular weight is 324 g/mol. The summed E-state index contributed by atoms with van der Waals surface area (Å²) in [5, 5.41) is 5.34. The number of anilines is 1. The van der Waals surface area contributed by atoms with Crippen molar-refractivity contribution in [3.05, 3.63) is 65.2 Å². The van der Waals surface area contributed by atoms with Crippen LogP contribution < -0.4 is 10.6 Å². The Kier molecular flexibility index (Phi) is 6.55. The number of carbonyl (C=O) groups is 2. The summed E-state index contributed by atoms with van der Waals surface area (Å²) in [6.45, 7) is 4.35. The number of rotatable bonds is 6. The number of amides is 2. The van der Waals surface area contributed by atoms with E-state index in [9.17, 15) is 9.59 Å². The van der Waals surface area contributed by atoms with Gasteiger partial charge in [0.05, 0.1) is 0 Å². The summed E-state index contributed by atoms with van der Waals surface area (Å²) in [5.74, 6) is -1.21. The van der Waals surface area contributed by atoms with Crippen LogP contribution in [0.25, 0.3) is 0 Å². The maximum Gasteiger partial charge on any atom is 0.313 e. The molecular formula is C20H24N2O2. The Labute approximate surface area is 143 Å². The fraction of sp³-hybridized carbons (Fsp3) is 0.300. The Morgan fingerprint density at radius 3 is 2.42 bits per heavy atom. The Balaban J connectivity index is 1.70. The van der Waals surface area contributed by atoms with Gasteiger partial charge in [0, 0.05) is 12.2 Å². The molecule has 2 aromatic carbocycles. The highest BCUT2D eigenvalue weighted by Gasteiger charge is 2.13. The number of unbranched alkanes of at least 4 members (excludes halogenated alkanes) is 1. The van der Waals surface area contributed by atoms with Crippen LogP contribution in [0, 0.1) is 13.8 Å². The zero-order valence-electron chi connectivity index (χ0n) is 14.3. The number of hydrogen-bond donors (Lipinski definition) is 2. The molecule has 0 aliphatic carbocycles. The second-order valence-electron chi connectivity index (χ2n) is 5.97. The number of benzene rings is 2. The van der Waals surface area contributed by atoms with E-state index in [0.717, 1.165) is 30.4 Å². The first kappa shape index (κ1) is 17.7. The van der Waals surface area contributed by atoms with Gasteiger partial charge in [0.15, 0.2) is 0 Å². The summed E-state index contributed by atoms with van der Waals surface area (Å²) in [7, 11) is 0. The van der Waals surface area contributed by atoms with Crippen molar-refractivity contribution in [2.24, 2.45) is 0 Å². The van der Waals surface area contributed by atoms with E-state index in [-0.39, 0.29) is 0 Å². The van der Waals surface area contributed by atoms with Crippen LogP contribution in [0.4, 0.5) is 5.69 Å². The third-order valence-corrected chi connectivity index (χ3v) is 3.87. The van der Waals surface area contributed by atoms with E-state index in [1.54, 1.807) is 0 Å². The molecule has 0 bridgehead atoms. The van der Waals surface area contributed by atoms with Gasteiger partial charge in [-0.1, -0.05) is 42.5 Å². The smallest absolute Gasteiger partial charge is 0.313 e. The van der Waals surface area contributed by atoms with E-state index < -0.39 is 11.8 Å². The van der Waals surface area contributed by atoms with Gasteiger partial charge in [-0.3, -0.25) is 9.59 Å². The zero-order chi connectivity index (χ0) is 17.4. The highest BCUT2D eigenvalue weighted by molar-refractivity contribution is 6.39. The van der Waals surface area contributed by atoms with Crippen LogP contribution >= 0.6 is 0 Å². The molecule has 0 atom stereocenters. The average Bonchev–Trinajstić information content (AvgIpc) is 2.58. The van der Waals surface area contributed by atoms with Crippen molar-refractivity contribution in [3.8, 4) is 0 Å². The van der Waals surface area contributed by atoms with E-state index in [1.807, 2.05) is 50.2 Å². The molecule has 2 amide bonds. The lowest BCUT2D eigenvalue weighted by Crippen LogP contribution is -2.36. The fourth-order valence-corrected chi connectivity index (χ4v) is 2.43. The molecule has 0 spiro atoms. The molecule has 0 saturated carbocycles. The highest BCUT2D eigenvalue weighted by Crippen LogP contribution is 2.16. The topological polar surface area (TPSA) is 58.2 Å². The minimum atomic E-state index is -0.619. The second-order valence-corrected chi connectivity index (χ2v) is 5.97. The van der Waals surface area contributed by atoms with Crippen LogP contribution in [-0.4, -0.2) is 18.4 Å². The standard InChI is InChI=1S/C20H24N2O2/c1-15-11-12-16(2)18(14-15)22-20(24)19(23)21-13-7-6-10-17-8-4-3-5-9-17/h3-5,8-9,11-12,14H,6-7,10,13H2,1-2H3,(H,21,23)(H,22,24). The molecular weight excluding hydrogens is 300 g/mol. The molecule has 0 fully saturated rings. The number of aryl methyl sites for hydroxylation is 3. The molecule has 0 radical (unpaired) electrons. The molecule has 0 saturated heterocycles. The number of nitrogens with one attached hydrogen (secondary N) is 2. The highest BCUT2D eigenvalue weighted by atomic mass is 16.2. The first-order valence-corrected chi connectivity index (χ1v) is 8.26. The minimum absolute atomic E-state index is 0.506. The third kappa shape index (κ3) is 5.54.